The number of nitrogens with zero attached hydrogens (tertiary/aromatic N) is 2. The lowest BCUT2D eigenvalue weighted by Gasteiger charge is -2.07. The van der Waals surface area contributed by atoms with Crippen molar-refractivity contribution in [2.24, 2.45) is 7.05 Å². The van der Waals surface area contributed by atoms with Crippen LogP contribution in [-0.4, -0.2) is 16.3 Å². The highest BCUT2D eigenvalue weighted by molar-refractivity contribution is 7.99. The first-order valence-corrected chi connectivity index (χ1v) is 7.59. The average molecular weight is 293 g/mol. The van der Waals surface area contributed by atoms with Crippen molar-refractivity contribution in [3.05, 3.63) is 41.3 Å². The summed E-state index contributed by atoms with van der Waals surface area (Å²) in [5.41, 5.74) is 1.91. The summed E-state index contributed by atoms with van der Waals surface area (Å²) in [7, 11) is 1.87. The van der Waals surface area contributed by atoms with E-state index < -0.39 is 0 Å². The van der Waals surface area contributed by atoms with E-state index >= 15 is 0 Å². The number of halogens is 1. The summed E-state index contributed by atoms with van der Waals surface area (Å²) in [5.74, 6) is -0.176. The molecule has 0 fully saturated rings. The molecule has 2 rings (SSSR count). The van der Waals surface area contributed by atoms with E-state index in [1.807, 2.05) is 32.2 Å². The van der Waals surface area contributed by atoms with Crippen molar-refractivity contribution in [1.82, 2.24) is 15.1 Å². The van der Waals surface area contributed by atoms with E-state index in [0.717, 1.165) is 29.2 Å². The molecule has 1 N–H and O–H groups in total. The van der Waals surface area contributed by atoms with Crippen LogP contribution in [0.15, 0.2) is 34.2 Å². The van der Waals surface area contributed by atoms with Crippen LogP contribution >= 0.6 is 11.8 Å². The Morgan fingerprint density at radius 2 is 2.15 bits per heavy atom. The molecule has 0 saturated carbocycles. The summed E-state index contributed by atoms with van der Waals surface area (Å²) >= 11 is 1.40. The number of aromatic nitrogens is 2. The van der Waals surface area contributed by atoms with Crippen LogP contribution in [0.4, 0.5) is 4.39 Å². The molecule has 0 unspecified atom stereocenters. The van der Waals surface area contributed by atoms with Gasteiger partial charge in [-0.3, -0.25) is 4.68 Å². The van der Waals surface area contributed by atoms with E-state index in [4.69, 9.17) is 0 Å². The molecule has 0 saturated heterocycles. The smallest absolute Gasteiger partial charge is 0.137 e. The zero-order valence-corrected chi connectivity index (χ0v) is 12.9. The molecule has 20 heavy (non-hydrogen) atoms. The normalized spacial score (nSPS) is 11.0. The van der Waals surface area contributed by atoms with Crippen molar-refractivity contribution >= 4 is 11.8 Å². The van der Waals surface area contributed by atoms with Crippen molar-refractivity contribution in [2.75, 3.05) is 6.54 Å². The standard InChI is InChI=1S/C15H20FN3S/c1-4-7-17-10-12-5-6-14(13(16)9-12)20-15-8-11(2)18-19(15)3/h5-6,8-9,17H,4,7,10H2,1-3H3. The van der Waals surface area contributed by atoms with Gasteiger partial charge in [0.2, 0.25) is 0 Å². The maximum Gasteiger partial charge on any atom is 0.137 e. The van der Waals surface area contributed by atoms with E-state index in [-0.39, 0.29) is 5.82 Å². The Hall–Kier alpha value is -1.33. The van der Waals surface area contributed by atoms with E-state index in [1.165, 1.54) is 11.8 Å². The van der Waals surface area contributed by atoms with Gasteiger partial charge in [0.1, 0.15) is 5.82 Å². The van der Waals surface area contributed by atoms with E-state index in [9.17, 15) is 4.39 Å². The van der Waals surface area contributed by atoms with Gasteiger partial charge in [-0.05, 0) is 43.7 Å². The zero-order valence-electron chi connectivity index (χ0n) is 12.1. The van der Waals surface area contributed by atoms with Gasteiger partial charge in [-0.25, -0.2) is 4.39 Å². The Morgan fingerprint density at radius 1 is 1.35 bits per heavy atom. The van der Waals surface area contributed by atoms with Crippen molar-refractivity contribution in [2.45, 2.75) is 36.7 Å². The fraction of sp³-hybridized carbons (Fsp3) is 0.400. The maximum atomic E-state index is 14.1. The topological polar surface area (TPSA) is 29.9 Å². The van der Waals surface area contributed by atoms with Gasteiger partial charge in [0.15, 0.2) is 0 Å². The summed E-state index contributed by atoms with van der Waals surface area (Å²) in [6.45, 7) is 5.71. The lowest BCUT2D eigenvalue weighted by Crippen LogP contribution is -2.13. The predicted molar refractivity (Wildman–Crippen MR) is 80.5 cm³/mol. The zero-order chi connectivity index (χ0) is 14.5. The highest BCUT2D eigenvalue weighted by Crippen LogP contribution is 2.30. The third-order valence-corrected chi connectivity index (χ3v) is 4.07. The summed E-state index contributed by atoms with van der Waals surface area (Å²) < 4.78 is 15.9. The molecule has 1 heterocycles. The average Bonchev–Trinajstić information content (AvgIpc) is 2.71. The minimum absolute atomic E-state index is 0.176. The molecule has 0 radical (unpaired) electrons. The number of rotatable bonds is 6. The number of aryl methyl sites for hydroxylation is 2. The Morgan fingerprint density at radius 3 is 2.75 bits per heavy atom. The lowest BCUT2D eigenvalue weighted by molar-refractivity contribution is 0.594. The molecule has 1 aromatic carbocycles. The number of benzene rings is 1. The van der Waals surface area contributed by atoms with Crippen LogP contribution < -0.4 is 5.32 Å². The van der Waals surface area contributed by atoms with Gasteiger partial charge in [0, 0.05) is 18.5 Å². The molecule has 3 nitrogen and oxygen atoms in total. The first kappa shape index (κ1) is 15.1. The number of hydrogen-bond acceptors (Lipinski definition) is 3. The van der Waals surface area contributed by atoms with E-state index in [0.29, 0.717) is 11.4 Å². The molecule has 0 aliphatic carbocycles. The van der Waals surface area contributed by atoms with Crippen molar-refractivity contribution < 1.29 is 4.39 Å². The van der Waals surface area contributed by atoms with E-state index in [1.54, 1.807) is 10.7 Å². The molecule has 0 bridgehead atoms. The van der Waals surface area contributed by atoms with Crippen LogP contribution in [0, 0.1) is 12.7 Å². The highest BCUT2D eigenvalue weighted by atomic mass is 32.2. The first-order valence-electron chi connectivity index (χ1n) is 6.77. The van der Waals surface area contributed by atoms with Crippen LogP contribution in [0.2, 0.25) is 0 Å². The SMILES string of the molecule is CCCNCc1ccc(Sc2cc(C)nn2C)c(F)c1. The van der Waals surface area contributed by atoms with Gasteiger partial charge in [0.05, 0.1) is 10.7 Å². The summed E-state index contributed by atoms with van der Waals surface area (Å²) in [5, 5.41) is 8.48. The molecular formula is C15H20FN3S. The molecule has 0 spiro atoms. The summed E-state index contributed by atoms with van der Waals surface area (Å²) in [6.07, 6.45) is 1.08. The molecule has 0 aliphatic rings. The fourth-order valence-electron chi connectivity index (χ4n) is 1.94. The Balaban J connectivity index is 2.07. The molecule has 0 amide bonds. The Labute approximate surface area is 123 Å². The van der Waals surface area contributed by atoms with Gasteiger partial charge < -0.3 is 5.32 Å². The van der Waals surface area contributed by atoms with Crippen molar-refractivity contribution in [3.8, 4) is 0 Å². The fourth-order valence-corrected chi connectivity index (χ4v) is 2.86. The molecule has 0 atom stereocenters. The third-order valence-electron chi connectivity index (χ3n) is 2.93. The van der Waals surface area contributed by atoms with Crippen LogP contribution in [-0.2, 0) is 13.6 Å². The molecule has 0 aliphatic heterocycles. The Bertz CT molecular complexity index is 580. The van der Waals surface area contributed by atoms with Crippen molar-refractivity contribution in [1.29, 1.82) is 0 Å². The largest absolute Gasteiger partial charge is 0.313 e. The molecule has 5 heteroatoms. The van der Waals surface area contributed by atoms with Crippen LogP contribution in [0.1, 0.15) is 24.6 Å². The van der Waals surface area contributed by atoms with Crippen molar-refractivity contribution in [3.63, 3.8) is 0 Å². The van der Waals surface area contributed by atoms with Crippen LogP contribution in [0.25, 0.3) is 0 Å². The van der Waals surface area contributed by atoms with Crippen LogP contribution in [0.5, 0.6) is 0 Å². The van der Waals surface area contributed by atoms with Gasteiger partial charge in [-0.2, -0.15) is 5.10 Å². The second-order valence-electron chi connectivity index (χ2n) is 4.79. The monoisotopic (exact) mass is 293 g/mol. The van der Waals surface area contributed by atoms with Gasteiger partial charge in [0.25, 0.3) is 0 Å². The van der Waals surface area contributed by atoms with Crippen LogP contribution in [0.3, 0.4) is 0 Å². The molecule has 1 aromatic heterocycles. The third kappa shape index (κ3) is 3.84. The predicted octanol–water partition coefficient (Wildman–Crippen LogP) is 3.52. The first-order chi connectivity index (χ1) is 9.60. The summed E-state index contributed by atoms with van der Waals surface area (Å²) in [6, 6.07) is 7.37. The van der Waals surface area contributed by atoms with E-state index in [2.05, 4.69) is 17.3 Å². The summed E-state index contributed by atoms with van der Waals surface area (Å²) in [4.78, 5) is 0.632. The van der Waals surface area contributed by atoms with Gasteiger partial charge >= 0.3 is 0 Å². The molecular weight excluding hydrogens is 273 g/mol. The number of nitrogens with one attached hydrogen (secondary N) is 1. The second-order valence-corrected chi connectivity index (χ2v) is 5.85. The maximum absolute atomic E-state index is 14.1. The molecule has 2 aromatic rings. The second kappa shape index (κ2) is 6.90. The minimum Gasteiger partial charge on any atom is -0.313 e. The molecule has 108 valence electrons. The number of hydrogen-bond donors (Lipinski definition) is 1. The Kier molecular flexibility index (Phi) is 5.20. The minimum atomic E-state index is -0.176. The van der Waals surface area contributed by atoms with Gasteiger partial charge in [-0.15, -0.1) is 0 Å². The lowest BCUT2D eigenvalue weighted by atomic mass is 10.2. The highest BCUT2D eigenvalue weighted by Gasteiger charge is 2.09. The van der Waals surface area contributed by atoms with Gasteiger partial charge in [-0.1, -0.05) is 24.8 Å². The quantitative estimate of drug-likeness (QED) is 0.827.